The van der Waals surface area contributed by atoms with Crippen LogP contribution in [0.4, 0.5) is 4.39 Å². The maximum absolute atomic E-state index is 13.9. The van der Waals surface area contributed by atoms with Crippen molar-refractivity contribution in [2.75, 3.05) is 6.54 Å². The fourth-order valence-corrected chi connectivity index (χ4v) is 4.50. The van der Waals surface area contributed by atoms with Crippen molar-refractivity contribution < 1.29 is 4.39 Å². The molecule has 0 heterocycles. The van der Waals surface area contributed by atoms with Gasteiger partial charge in [-0.3, -0.25) is 0 Å². The first kappa shape index (κ1) is 15.8. The van der Waals surface area contributed by atoms with Gasteiger partial charge in [-0.2, -0.15) is 0 Å². The number of nitrogens with one attached hydrogen (secondary N) is 1. The Morgan fingerprint density at radius 1 is 1.30 bits per heavy atom. The number of hydrogen-bond acceptors (Lipinski definition) is 2. The Bertz CT molecular complexity index is 421. The fourth-order valence-electron chi connectivity index (χ4n) is 3.09. The molecule has 0 bridgehead atoms. The Morgan fingerprint density at radius 3 is 2.70 bits per heavy atom. The van der Waals surface area contributed by atoms with Gasteiger partial charge in [-0.15, -0.1) is 11.8 Å². The van der Waals surface area contributed by atoms with E-state index in [4.69, 9.17) is 0 Å². The van der Waals surface area contributed by atoms with Crippen molar-refractivity contribution in [1.82, 2.24) is 5.32 Å². The Balaban J connectivity index is 2.09. The van der Waals surface area contributed by atoms with Crippen molar-refractivity contribution in [3.63, 3.8) is 0 Å². The molecule has 112 valence electrons. The fraction of sp³-hybridized carbons (Fsp3) is 0.647. The minimum Gasteiger partial charge on any atom is -0.313 e. The zero-order chi connectivity index (χ0) is 14.5. The van der Waals surface area contributed by atoms with Gasteiger partial charge in [-0.25, -0.2) is 4.39 Å². The maximum atomic E-state index is 13.9. The number of thioether (sulfide) groups is 1. The third-order valence-corrected chi connectivity index (χ3v) is 5.77. The Kier molecular flexibility index (Phi) is 5.91. The summed E-state index contributed by atoms with van der Waals surface area (Å²) in [6.07, 6.45) is 3.70. The lowest BCUT2D eigenvalue weighted by atomic mass is 9.79. The molecule has 20 heavy (non-hydrogen) atoms. The number of hydrogen-bond donors (Lipinski definition) is 1. The second-order valence-corrected chi connectivity index (χ2v) is 7.35. The zero-order valence-electron chi connectivity index (χ0n) is 12.7. The highest BCUT2D eigenvalue weighted by atomic mass is 32.2. The van der Waals surface area contributed by atoms with Crippen LogP contribution in [0.25, 0.3) is 0 Å². The average Bonchev–Trinajstić information content (AvgIpc) is 2.43. The van der Waals surface area contributed by atoms with E-state index in [0.29, 0.717) is 11.3 Å². The van der Waals surface area contributed by atoms with Crippen LogP contribution in [-0.2, 0) is 0 Å². The SMILES string of the molecule is CCNC1CCC(C(C)C)CC1Sc1ccccc1F. The molecule has 0 radical (unpaired) electrons. The van der Waals surface area contributed by atoms with Crippen LogP contribution in [0.5, 0.6) is 0 Å². The third kappa shape index (κ3) is 3.98. The lowest BCUT2D eigenvalue weighted by Crippen LogP contribution is -2.43. The van der Waals surface area contributed by atoms with Gasteiger partial charge in [-0.05, 0) is 49.8 Å². The standard InChI is InChI=1S/C17H26FNS/c1-4-19-15-10-9-13(12(2)3)11-17(15)20-16-8-6-5-7-14(16)18/h5-8,12-13,15,17,19H,4,9-11H2,1-3H3. The van der Waals surface area contributed by atoms with Crippen LogP contribution in [0, 0.1) is 17.7 Å². The van der Waals surface area contributed by atoms with Crippen molar-refractivity contribution >= 4 is 11.8 Å². The van der Waals surface area contributed by atoms with Crippen LogP contribution in [0.1, 0.15) is 40.0 Å². The maximum Gasteiger partial charge on any atom is 0.136 e. The molecule has 0 saturated heterocycles. The van der Waals surface area contributed by atoms with Crippen molar-refractivity contribution in [1.29, 1.82) is 0 Å². The van der Waals surface area contributed by atoms with Crippen LogP contribution in [-0.4, -0.2) is 17.8 Å². The van der Waals surface area contributed by atoms with Crippen LogP contribution in [0.3, 0.4) is 0 Å². The molecular formula is C17H26FNS. The molecule has 1 aromatic carbocycles. The van der Waals surface area contributed by atoms with Gasteiger partial charge in [0.25, 0.3) is 0 Å². The zero-order valence-corrected chi connectivity index (χ0v) is 13.5. The average molecular weight is 295 g/mol. The first-order valence-corrected chi connectivity index (χ1v) is 8.64. The minimum atomic E-state index is -0.0839. The minimum absolute atomic E-state index is 0.0839. The van der Waals surface area contributed by atoms with E-state index in [1.54, 1.807) is 23.9 Å². The largest absolute Gasteiger partial charge is 0.313 e. The van der Waals surface area contributed by atoms with E-state index in [2.05, 4.69) is 26.1 Å². The summed E-state index contributed by atoms with van der Waals surface area (Å²) in [6.45, 7) is 7.76. The van der Waals surface area contributed by atoms with Crippen LogP contribution < -0.4 is 5.32 Å². The molecule has 0 spiro atoms. The highest BCUT2D eigenvalue weighted by molar-refractivity contribution is 8.00. The molecule has 1 fully saturated rings. The monoisotopic (exact) mass is 295 g/mol. The second kappa shape index (κ2) is 7.46. The van der Waals surface area contributed by atoms with E-state index < -0.39 is 0 Å². The molecule has 1 aliphatic carbocycles. The van der Waals surface area contributed by atoms with E-state index in [-0.39, 0.29) is 5.82 Å². The molecule has 1 aliphatic rings. The smallest absolute Gasteiger partial charge is 0.136 e. The molecular weight excluding hydrogens is 269 g/mol. The van der Waals surface area contributed by atoms with Crippen molar-refractivity contribution in [3.05, 3.63) is 30.1 Å². The third-order valence-electron chi connectivity index (χ3n) is 4.36. The molecule has 0 amide bonds. The van der Waals surface area contributed by atoms with Gasteiger partial charge in [0.1, 0.15) is 5.82 Å². The summed E-state index contributed by atoms with van der Waals surface area (Å²) in [5.41, 5.74) is 0. The first-order chi connectivity index (χ1) is 9.61. The summed E-state index contributed by atoms with van der Waals surface area (Å²) < 4.78 is 13.9. The van der Waals surface area contributed by atoms with Gasteiger partial charge in [0.2, 0.25) is 0 Å². The summed E-state index contributed by atoms with van der Waals surface area (Å²) in [5, 5.41) is 4.07. The topological polar surface area (TPSA) is 12.0 Å². The van der Waals surface area contributed by atoms with Crippen LogP contribution in [0.15, 0.2) is 29.2 Å². The van der Waals surface area contributed by atoms with E-state index in [9.17, 15) is 4.39 Å². The summed E-state index contributed by atoms with van der Waals surface area (Å²) in [7, 11) is 0. The van der Waals surface area contributed by atoms with Gasteiger partial charge >= 0.3 is 0 Å². The van der Waals surface area contributed by atoms with Crippen LogP contribution in [0.2, 0.25) is 0 Å². The van der Waals surface area contributed by atoms with E-state index in [1.807, 2.05) is 12.1 Å². The molecule has 0 aromatic heterocycles. The van der Waals surface area contributed by atoms with E-state index in [1.165, 1.54) is 19.3 Å². The Labute approximate surface area is 126 Å². The van der Waals surface area contributed by atoms with Crippen molar-refractivity contribution in [2.45, 2.75) is 56.2 Å². The van der Waals surface area contributed by atoms with Crippen molar-refractivity contribution in [3.8, 4) is 0 Å². The van der Waals surface area contributed by atoms with E-state index >= 15 is 0 Å². The lowest BCUT2D eigenvalue weighted by molar-refractivity contribution is 0.247. The molecule has 3 heteroatoms. The quantitative estimate of drug-likeness (QED) is 0.843. The van der Waals surface area contributed by atoms with Gasteiger partial charge < -0.3 is 5.32 Å². The molecule has 0 aliphatic heterocycles. The predicted molar refractivity (Wildman–Crippen MR) is 85.7 cm³/mol. The predicted octanol–water partition coefficient (Wildman–Crippen LogP) is 4.72. The molecule has 2 rings (SSSR count). The highest BCUT2D eigenvalue weighted by Crippen LogP contribution is 2.39. The summed E-state index contributed by atoms with van der Waals surface area (Å²) in [5.74, 6) is 1.41. The molecule has 3 unspecified atom stereocenters. The molecule has 3 atom stereocenters. The summed E-state index contributed by atoms with van der Waals surface area (Å²) >= 11 is 1.72. The van der Waals surface area contributed by atoms with Gasteiger partial charge in [0.05, 0.1) is 0 Å². The lowest BCUT2D eigenvalue weighted by Gasteiger charge is -2.38. The molecule has 1 nitrogen and oxygen atoms in total. The summed E-state index contributed by atoms with van der Waals surface area (Å²) in [6, 6.07) is 7.67. The van der Waals surface area contributed by atoms with E-state index in [0.717, 1.165) is 23.3 Å². The first-order valence-electron chi connectivity index (χ1n) is 7.76. The van der Waals surface area contributed by atoms with Gasteiger partial charge in [0.15, 0.2) is 0 Å². The second-order valence-electron chi connectivity index (χ2n) is 6.07. The van der Waals surface area contributed by atoms with Gasteiger partial charge in [0, 0.05) is 16.2 Å². The Hall–Kier alpha value is -0.540. The summed E-state index contributed by atoms with van der Waals surface area (Å²) in [4.78, 5) is 0.796. The van der Waals surface area contributed by atoms with Gasteiger partial charge in [-0.1, -0.05) is 32.9 Å². The highest BCUT2D eigenvalue weighted by Gasteiger charge is 2.32. The number of benzene rings is 1. The van der Waals surface area contributed by atoms with Crippen molar-refractivity contribution in [2.24, 2.45) is 11.8 Å². The normalized spacial score (nSPS) is 26.9. The van der Waals surface area contributed by atoms with Crippen LogP contribution >= 0.6 is 11.8 Å². The molecule has 1 N–H and O–H groups in total. The number of halogens is 1. The molecule has 1 saturated carbocycles. The Morgan fingerprint density at radius 2 is 2.05 bits per heavy atom. The number of rotatable bonds is 5. The molecule has 1 aromatic rings.